The second-order valence-corrected chi connectivity index (χ2v) is 5.25. The van der Waals surface area contributed by atoms with Gasteiger partial charge in [-0.05, 0) is 47.0 Å². The van der Waals surface area contributed by atoms with Gasteiger partial charge in [0.15, 0.2) is 0 Å². The summed E-state index contributed by atoms with van der Waals surface area (Å²) in [5, 5.41) is 0.476. The van der Waals surface area contributed by atoms with Crippen LogP contribution in [0.3, 0.4) is 0 Å². The molecule has 1 rings (SSSR count). The molecule has 0 atom stereocenters. The Morgan fingerprint density at radius 2 is 2.05 bits per heavy atom. The van der Waals surface area contributed by atoms with Crippen LogP contribution in [0.1, 0.15) is 29.4 Å². The lowest BCUT2D eigenvalue weighted by molar-refractivity contribution is 0.0759. The molecule has 1 aromatic rings. The number of carbonyl (C=O) groups excluding carboxylic acids is 1. The fraction of sp³-hybridized carbons (Fsp3) is 0.571. The molecule has 1 aromatic heterocycles. The van der Waals surface area contributed by atoms with Crippen LogP contribution in [0.4, 0.5) is 0 Å². The van der Waals surface area contributed by atoms with Crippen LogP contribution in [-0.2, 0) is 0 Å². The molecule has 0 bridgehead atoms. The van der Waals surface area contributed by atoms with E-state index in [1.807, 2.05) is 32.8 Å². The first-order valence-electron chi connectivity index (χ1n) is 6.51. The van der Waals surface area contributed by atoms with Crippen molar-refractivity contribution in [2.45, 2.75) is 20.3 Å². The number of hydrogen-bond acceptors (Lipinski definition) is 3. The molecule has 0 N–H and O–H groups in total. The number of aryl methyl sites for hydroxylation is 1. The molecule has 106 valence electrons. The minimum atomic E-state index is -0.0428. The van der Waals surface area contributed by atoms with E-state index in [0.29, 0.717) is 17.1 Å². The van der Waals surface area contributed by atoms with E-state index < -0.39 is 0 Å². The van der Waals surface area contributed by atoms with Gasteiger partial charge in [-0.2, -0.15) is 0 Å². The van der Waals surface area contributed by atoms with Crippen LogP contribution in [0.15, 0.2) is 12.3 Å². The lowest BCUT2D eigenvalue weighted by Crippen LogP contribution is -2.33. The molecule has 0 radical (unpaired) electrons. The molecule has 1 heterocycles. The van der Waals surface area contributed by atoms with Crippen molar-refractivity contribution in [3.8, 4) is 0 Å². The summed E-state index contributed by atoms with van der Waals surface area (Å²) in [5.74, 6) is -0.0428. The average Bonchev–Trinajstić information content (AvgIpc) is 2.33. The summed E-state index contributed by atoms with van der Waals surface area (Å²) in [5.41, 5.74) is 1.30. The molecule has 0 aliphatic heterocycles. The number of halogens is 1. The van der Waals surface area contributed by atoms with E-state index in [-0.39, 0.29) is 5.91 Å². The summed E-state index contributed by atoms with van der Waals surface area (Å²) >= 11 is 6.11. The number of pyridine rings is 1. The monoisotopic (exact) mass is 283 g/mol. The van der Waals surface area contributed by atoms with Crippen LogP contribution in [0.5, 0.6) is 0 Å². The quantitative estimate of drug-likeness (QED) is 0.805. The molecule has 0 aliphatic carbocycles. The van der Waals surface area contributed by atoms with Crippen molar-refractivity contribution >= 4 is 17.5 Å². The number of nitrogens with zero attached hydrogens (tertiary/aromatic N) is 3. The molecule has 19 heavy (non-hydrogen) atoms. The average molecular weight is 284 g/mol. The van der Waals surface area contributed by atoms with Gasteiger partial charge in [0.05, 0.1) is 10.6 Å². The van der Waals surface area contributed by atoms with E-state index in [1.54, 1.807) is 12.3 Å². The van der Waals surface area contributed by atoms with Crippen molar-refractivity contribution in [2.24, 2.45) is 0 Å². The fourth-order valence-electron chi connectivity index (χ4n) is 1.84. The third-order valence-corrected chi connectivity index (χ3v) is 3.24. The highest BCUT2D eigenvalue weighted by molar-refractivity contribution is 6.33. The number of rotatable bonds is 6. The standard InChI is InChI=1S/C14H22ClN3O/c1-5-18(8-6-7-17(3)4)14(19)12-10-16-11(2)9-13(12)15/h9-10H,5-8H2,1-4H3. The Hall–Kier alpha value is -1.13. The van der Waals surface area contributed by atoms with Crippen LogP contribution in [0, 0.1) is 6.92 Å². The summed E-state index contributed by atoms with van der Waals surface area (Å²) in [4.78, 5) is 20.4. The number of aromatic nitrogens is 1. The first kappa shape index (κ1) is 15.9. The van der Waals surface area contributed by atoms with Crippen molar-refractivity contribution in [1.82, 2.24) is 14.8 Å². The zero-order valence-electron chi connectivity index (χ0n) is 12.1. The topological polar surface area (TPSA) is 36.4 Å². The van der Waals surface area contributed by atoms with Crippen molar-refractivity contribution in [3.63, 3.8) is 0 Å². The normalized spacial score (nSPS) is 10.8. The number of carbonyl (C=O) groups is 1. The van der Waals surface area contributed by atoms with Gasteiger partial charge in [0.1, 0.15) is 0 Å². The SMILES string of the molecule is CCN(CCCN(C)C)C(=O)c1cnc(C)cc1Cl. The van der Waals surface area contributed by atoms with Crippen LogP contribution in [0.25, 0.3) is 0 Å². The molecular formula is C14H22ClN3O. The summed E-state index contributed by atoms with van der Waals surface area (Å²) < 4.78 is 0. The minimum Gasteiger partial charge on any atom is -0.339 e. The first-order chi connectivity index (χ1) is 8.95. The van der Waals surface area contributed by atoms with E-state index in [2.05, 4.69) is 9.88 Å². The van der Waals surface area contributed by atoms with Crippen LogP contribution < -0.4 is 0 Å². The Balaban J connectivity index is 2.72. The van der Waals surface area contributed by atoms with Gasteiger partial charge < -0.3 is 9.80 Å². The fourth-order valence-corrected chi connectivity index (χ4v) is 2.12. The van der Waals surface area contributed by atoms with E-state index in [9.17, 15) is 4.79 Å². The van der Waals surface area contributed by atoms with Gasteiger partial charge in [-0.25, -0.2) is 0 Å². The van der Waals surface area contributed by atoms with Crippen molar-refractivity contribution in [2.75, 3.05) is 33.7 Å². The lowest BCUT2D eigenvalue weighted by Gasteiger charge is -2.22. The zero-order valence-corrected chi connectivity index (χ0v) is 12.9. The second kappa shape index (κ2) is 7.46. The molecular weight excluding hydrogens is 262 g/mol. The van der Waals surface area contributed by atoms with Crippen LogP contribution in [-0.4, -0.2) is 54.4 Å². The van der Waals surface area contributed by atoms with Gasteiger partial charge in [-0.1, -0.05) is 11.6 Å². The molecule has 0 aromatic carbocycles. The Kier molecular flexibility index (Phi) is 6.25. The maximum atomic E-state index is 12.4. The Labute approximate surface area is 120 Å². The molecule has 0 unspecified atom stereocenters. The molecule has 0 aliphatic rings. The molecule has 0 saturated heterocycles. The van der Waals surface area contributed by atoms with Gasteiger partial charge >= 0.3 is 0 Å². The van der Waals surface area contributed by atoms with Gasteiger partial charge in [0.25, 0.3) is 5.91 Å². The molecule has 0 saturated carbocycles. The summed E-state index contributed by atoms with van der Waals surface area (Å²) in [6, 6.07) is 1.72. The van der Waals surface area contributed by atoms with Gasteiger partial charge in [0.2, 0.25) is 0 Å². The lowest BCUT2D eigenvalue weighted by atomic mass is 10.2. The molecule has 0 spiro atoms. The first-order valence-corrected chi connectivity index (χ1v) is 6.89. The highest BCUT2D eigenvalue weighted by atomic mass is 35.5. The Morgan fingerprint density at radius 3 is 2.58 bits per heavy atom. The largest absolute Gasteiger partial charge is 0.339 e. The van der Waals surface area contributed by atoms with Gasteiger partial charge in [-0.3, -0.25) is 9.78 Å². The predicted octanol–water partition coefficient (Wildman–Crippen LogP) is 2.46. The third kappa shape index (κ3) is 4.80. The maximum Gasteiger partial charge on any atom is 0.256 e. The van der Waals surface area contributed by atoms with Gasteiger partial charge in [0, 0.05) is 25.0 Å². The van der Waals surface area contributed by atoms with Gasteiger partial charge in [-0.15, -0.1) is 0 Å². The molecule has 4 nitrogen and oxygen atoms in total. The van der Waals surface area contributed by atoms with Crippen molar-refractivity contribution in [1.29, 1.82) is 0 Å². The highest BCUT2D eigenvalue weighted by Gasteiger charge is 2.17. The molecule has 0 fully saturated rings. The minimum absolute atomic E-state index is 0.0428. The van der Waals surface area contributed by atoms with E-state index in [4.69, 9.17) is 11.6 Å². The molecule has 1 amide bonds. The van der Waals surface area contributed by atoms with Crippen molar-refractivity contribution in [3.05, 3.63) is 28.5 Å². The zero-order chi connectivity index (χ0) is 14.4. The third-order valence-electron chi connectivity index (χ3n) is 2.92. The predicted molar refractivity (Wildman–Crippen MR) is 78.7 cm³/mol. The Bertz CT molecular complexity index is 435. The summed E-state index contributed by atoms with van der Waals surface area (Å²) in [6.07, 6.45) is 2.51. The second-order valence-electron chi connectivity index (χ2n) is 4.85. The van der Waals surface area contributed by atoms with E-state index >= 15 is 0 Å². The van der Waals surface area contributed by atoms with E-state index in [0.717, 1.165) is 25.2 Å². The van der Waals surface area contributed by atoms with E-state index in [1.165, 1.54) is 0 Å². The smallest absolute Gasteiger partial charge is 0.256 e. The Morgan fingerprint density at radius 1 is 1.37 bits per heavy atom. The number of amides is 1. The molecule has 5 heteroatoms. The summed E-state index contributed by atoms with van der Waals surface area (Å²) in [6.45, 7) is 6.20. The van der Waals surface area contributed by atoms with Crippen LogP contribution in [0.2, 0.25) is 5.02 Å². The number of hydrogen-bond donors (Lipinski definition) is 0. The highest BCUT2D eigenvalue weighted by Crippen LogP contribution is 2.17. The summed E-state index contributed by atoms with van der Waals surface area (Å²) in [7, 11) is 4.05. The van der Waals surface area contributed by atoms with Crippen LogP contribution >= 0.6 is 11.6 Å². The van der Waals surface area contributed by atoms with Crippen molar-refractivity contribution < 1.29 is 4.79 Å². The maximum absolute atomic E-state index is 12.4.